The first kappa shape index (κ1) is 30.3. The number of alkyl halides is 1. The molecular weight excluding hydrogens is 554 g/mol. The predicted molar refractivity (Wildman–Crippen MR) is 156 cm³/mol. The molecule has 214 valence electrons. The van der Waals surface area contributed by atoms with Crippen LogP contribution >= 0.6 is 23.2 Å². The molecule has 1 saturated carbocycles. The van der Waals surface area contributed by atoms with E-state index in [-0.39, 0.29) is 29.8 Å². The number of ether oxygens (including phenoxy) is 2. The summed E-state index contributed by atoms with van der Waals surface area (Å²) in [6.45, 7) is 6.22. The van der Waals surface area contributed by atoms with E-state index < -0.39 is 17.0 Å². The number of methoxy groups -OCH3 is 1. The van der Waals surface area contributed by atoms with Crippen molar-refractivity contribution in [2.45, 2.75) is 63.7 Å². The fourth-order valence-electron chi connectivity index (χ4n) is 4.37. The number of carbonyl (C=O) groups excluding carboxylic acids is 1. The number of aliphatic hydroxyl groups is 1. The molecule has 1 atom stereocenters. The Hall–Kier alpha value is -2.71. The van der Waals surface area contributed by atoms with Crippen LogP contribution in [0.2, 0.25) is 5.02 Å². The summed E-state index contributed by atoms with van der Waals surface area (Å²) >= 11 is 12.0. The molecule has 0 bridgehead atoms. The highest BCUT2D eigenvalue weighted by Crippen LogP contribution is 2.36. The van der Waals surface area contributed by atoms with E-state index in [1.165, 1.54) is 12.1 Å². The Morgan fingerprint density at radius 2 is 1.88 bits per heavy atom. The van der Waals surface area contributed by atoms with Crippen molar-refractivity contribution in [1.82, 2.24) is 10.3 Å². The molecule has 9 heteroatoms. The molecule has 1 fully saturated rings. The average molecular weight is 590 g/mol. The van der Waals surface area contributed by atoms with Crippen molar-refractivity contribution in [2.24, 2.45) is 0 Å². The maximum atomic E-state index is 13.9. The van der Waals surface area contributed by atoms with Gasteiger partial charge in [-0.15, -0.1) is 11.6 Å². The third-order valence-electron chi connectivity index (χ3n) is 7.12. The van der Waals surface area contributed by atoms with E-state index in [2.05, 4.69) is 5.32 Å². The summed E-state index contributed by atoms with van der Waals surface area (Å²) < 4.78 is 25.2. The van der Waals surface area contributed by atoms with Crippen LogP contribution in [-0.4, -0.2) is 41.5 Å². The van der Waals surface area contributed by atoms with Crippen molar-refractivity contribution >= 4 is 29.0 Å². The molecule has 1 unspecified atom stereocenters. The normalized spacial score (nSPS) is 15.0. The lowest BCUT2D eigenvalue weighted by Gasteiger charge is -2.30. The van der Waals surface area contributed by atoms with Crippen LogP contribution in [0.25, 0.3) is 11.3 Å². The first-order valence-corrected chi connectivity index (χ1v) is 14.2. The molecular formula is C31H35Cl2FN2O4. The molecule has 0 radical (unpaired) electrons. The topological polar surface area (TPSA) is 80.7 Å². The average Bonchev–Trinajstić information content (AvgIpc) is 3.76. The number of hydrogen-bond donors (Lipinski definition) is 2. The van der Waals surface area contributed by atoms with Gasteiger partial charge in [-0.1, -0.05) is 11.6 Å². The molecule has 40 heavy (non-hydrogen) atoms. The van der Waals surface area contributed by atoms with Gasteiger partial charge in [-0.2, -0.15) is 0 Å². The minimum atomic E-state index is -1.44. The second-order valence-corrected chi connectivity index (χ2v) is 11.7. The maximum absolute atomic E-state index is 13.9. The number of carbonyl (C=O) groups is 1. The van der Waals surface area contributed by atoms with E-state index in [9.17, 15) is 14.3 Å². The molecule has 0 saturated heterocycles. The van der Waals surface area contributed by atoms with Gasteiger partial charge in [0.15, 0.2) is 17.3 Å². The lowest BCUT2D eigenvalue weighted by molar-refractivity contribution is 0.0396. The van der Waals surface area contributed by atoms with Gasteiger partial charge in [0.2, 0.25) is 0 Å². The lowest BCUT2D eigenvalue weighted by atomic mass is 9.87. The van der Waals surface area contributed by atoms with Gasteiger partial charge in [0.05, 0.1) is 29.6 Å². The van der Waals surface area contributed by atoms with Crippen molar-refractivity contribution < 1.29 is 23.8 Å². The third-order valence-corrected chi connectivity index (χ3v) is 7.60. The molecule has 6 nitrogen and oxygen atoms in total. The first-order chi connectivity index (χ1) is 18.9. The summed E-state index contributed by atoms with van der Waals surface area (Å²) in [5, 5.41) is 15.0. The number of nitrogens with zero attached hydrogens (tertiary/aromatic N) is 1. The molecule has 1 aliphatic rings. The molecule has 1 aliphatic carbocycles. The smallest absolute Gasteiger partial charge is 0.163 e. The van der Waals surface area contributed by atoms with Gasteiger partial charge in [-0.25, -0.2) is 9.37 Å². The molecule has 0 spiro atoms. The standard InChI is InChI=1S/C31H35Cl2FN2O4/c1-30(2,35-14-13-32)21-17-25(19-5-9-24(34)23(33)15-19)36-29(18-21)31(3,38)12-11-26(37)20-6-10-27(28(16-20)39-4)40-22-7-8-22/h5-6,9-10,15-18,22,35,38H,7-8,11-14H2,1-4H3. The van der Waals surface area contributed by atoms with Crippen molar-refractivity contribution in [3.8, 4) is 22.8 Å². The minimum absolute atomic E-state index is 0.0212. The van der Waals surface area contributed by atoms with Gasteiger partial charge >= 0.3 is 0 Å². The van der Waals surface area contributed by atoms with Gasteiger partial charge < -0.3 is 19.9 Å². The quantitative estimate of drug-likeness (QED) is 0.165. The summed E-state index contributed by atoms with van der Waals surface area (Å²) in [6, 6.07) is 13.2. The van der Waals surface area contributed by atoms with Gasteiger partial charge in [-0.05, 0) is 94.1 Å². The SMILES string of the molecule is COc1cc(C(=O)CCC(C)(O)c2cc(C(C)(C)NCCCl)cc(-c3ccc(F)c(Cl)c3)n2)ccc1OC1CC1. The highest BCUT2D eigenvalue weighted by molar-refractivity contribution is 6.31. The van der Waals surface area contributed by atoms with Gasteiger partial charge in [-0.3, -0.25) is 4.79 Å². The van der Waals surface area contributed by atoms with E-state index >= 15 is 0 Å². The fraction of sp³-hybridized carbons (Fsp3) is 0.419. The number of halogens is 3. The third kappa shape index (κ3) is 7.32. The Bertz CT molecular complexity index is 1380. The molecule has 1 heterocycles. The molecule has 0 aliphatic heterocycles. The zero-order chi connectivity index (χ0) is 29.1. The van der Waals surface area contributed by atoms with E-state index in [4.69, 9.17) is 37.7 Å². The number of hydrogen-bond acceptors (Lipinski definition) is 6. The van der Waals surface area contributed by atoms with Crippen LogP contribution in [0.3, 0.4) is 0 Å². The van der Waals surface area contributed by atoms with Crippen LogP contribution in [0.1, 0.15) is 68.1 Å². The highest BCUT2D eigenvalue weighted by atomic mass is 35.5. The molecule has 3 aromatic rings. The summed E-state index contributed by atoms with van der Waals surface area (Å²) in [5.41, 5.74) is 0.892. The van der Waals surface area contributed by atoms with Crippen molar-refractivity contribution in [3.05, 3.63) is 76.2 Å². The molecule has 2 N–H and O–H groups in total. The number of aromatic nitrogens is 1. The Labute approximate surface area is 244 Å². The molecule has 1 aromatic heterocycles. The van der Waals surface area contributed by atoms with E-state index in [1.807, 2.05) is 26.0 Å². The number of benzene rings is 2. The second-order valence-electron chi connectivity index (χ2n) is 10.9. The van der Waals surface area contributed by atoms with Crippen LogP contribution in [0.5, 0.6) is 11.5 Å². The highest BCUT2D eigenvalue weighted by Gasteiger charge is 2.30. The summed E-state index contributed by atoms with van der Waals surface area (Å²) in [7, 11) is 1.54. The Kier molecular flexibility index (Phi) is 9.40. The minimum Gasteiger partial charge on any atom is -0.493 e. The van der Waals surface area contributed by atoms with Crippen LogP contribution in [-0.2, 0) is 11.1 Å². The lowest BCUT2D eigenvalue weighted by Crippen LogP contribution is -2.38. The van der Waals surface area contributed by atoms with Crippen LogP contribution in [0.15, 0.2) is 48.5 Å². The fourth-order valence-corrected chi connectivity index (χ4v) is 4.64. The number of pyridine rings is 1. The Balaban J connectivity index is 1.60. The number of Topliss-reactive ketones (excluding diaryl/α,β-unsaturated/α-hetero) is 1. The van der Waals surface area contributed by atoms with Gasteiger partial charge in [0.25, 0.3) is 0 Å². The Morgan fingerprint density at radius 3 is 2.52 bits per heavy atom. The van der Waals surface area contributed by atoms with Crippen molar-refractivity contribution in [3.63, 3.8) is 0 Å². The zero-order valence-electron chi connectivity index (χ0n) is 23.2. The van der Waals surface area contributed by atoms with Crippen molar-refractivity contribution in [2.75, 3.05) is 19.5 Å². The van der Waals surface area contributed by atoms with Crippen LogP contribution in [0, 0.1) is 5.82 Å². The van der Waals surface area contributed by atoms with E-state index in [1.54, 1.807) is 38.3 Å². The number of nitrogens with one attached hydrogen (secondary N) is 1. The number of rotatable bonds is 13. The largest absolute Gasteiger partial charge is 0.493 e. The summed E-state index contributed by atoms with van der Waals surface area (Å²) in [6.07, 6.45) is 2.45. The predicted octanol–water partition coefficient (Wildman–Crippen LogP) is 7.03. The number of ketones is 1. The zero-order valence-corrected chi connectivity index (χ0v) is 24.7. The maximum Gasteiger partial charge on any atom is 0.163 e. The van der Waals surface area contributed by atoms with E-state index in [0.29, 0.717) is 46.4 Å². The summed E-state index contributed by atoms with van der Waals surface area (Å²) in [4.78, 5) is 17.9. The summed E-state index contributed by atoms with van der Waals surface area (Å²) in [5.74, 6) is 0.893. The van der Waals surface area contributed by atoms with Gasteiger partial charge in [0, 0.05) is 35.5 Å². The molecule has 2 aromatic carbocycles. The second kappa shape index (κ2) is 12.4. The van der Waals surface area contributed by atoms with Crippen LogP contribution < -0.4 is 14.8 Å². The molecule has 0 amide bonds. The van der Waals surface area contributed by atoms with Crippen LogP contribution in [0.4, 0.5) is 4.39 Å². The first-order valence-electron chi connectivity index (χ1n) is 13.3. The Morgan fingerprint density at radius 1 is 1.12 bits per heavy atom. The van der Waals surface area contributed by atoms with Crippen molar-refractivity contribution in [1.29, 1.82) is 0 Å². The van der Waals surface area contributed by atoms with Gasteiger partial charge in [0.1, 0.15) is 11.4 Å². The van der Waals surface area contributed by atoms with E-state index in [0.717, 1.165) is 18.4 Å². The monoisotopic (exact) mass is 588 g/mol. The molecule has 4 rings (SSSR count).